The first-order valence-electron chi connectivity index (χ1n) is 7.51. The number of nitrogens with one attached hydrogen (secondary N) is 2. The monoisotopic (exact) mass is 310 g/mol. The number of unbranched alkanes of at least 4 members (excludes halogenated alkanes) is 1. The van der Waals surface area contributed by atoms with Crippen LogP contribution in [0.3, 0.4) is 0 Å². The number of hydrogen-bond donors (Lipinski definition) is 2. The summed E-state index contributed by atoms with van der Waals surface area (Å²) in [6.07, 6.45) is 4.75. The van der Waals surface area contributed by atoms with E-state index >= 15 is 0 Å². The molecule has 2 rings (SSSR count). The smallest absolute Gasteiger partial charge is 0.127 e. The van der Waals surface area contributed by atoms with E-state index in [-0.39, 0.29) is 5.03 Å². The maximum atomic E-state index is 10.8. The van der Waals surface area contributed by atoms with Crippen LogP contribution in [0.25, 0.3) is 0 Å². The van der Waals surface area contributed by atoms with Crippen molar-refractivity contribution in [2.24, 2.45) is 5.92 Å². The standard InChI is InChI=1S/C15H25N3O2S/c1-15(2)10-12(11-17-15)6-3-4-9-16-13-7-5-8-14(18-13)21(19)20/h5,7-8,12,17H,3-4,6,9-11H2,1-2H3,(H,16,18)(H,19,20)/p-1. The van der Waals surface area contributed by atoms with Gasteiger partial charge in [0, 0.05) is 12.1 Å². The van der Waals surface area contributed by atoms with Crippen LogP contribution in [-0.4, -0.2) is 32.4 Å². The molecule has 0 bridgehead atoms. The van der Waals surface area contributed by atoms with Crippen molar-refractivity contribution in [3.05, 3.63) is 18.2 Å². The van der Waals surface area contributed by atoms with E-state index in [1.54, 1.807) is 12.1 Å². The third-order valence-corrected chi connectivity index (χ3v) is 4.48. The van der Waals surface area contributed by atoms with Crippen LogP contribution >= 0.6 is 0 Å². The fourth-order valence-corrected chi connectivity index (χ4v) is 3.23. The van der Waals surface area contributed by atoms with Crippen LogP contribution in [0, 0.1) is 5.92 Å². The molecule has 6 heteroatoms. The molecule has 5 nitrogen and oxygen atoms in total. The molecular formula is C15H24N3O2S-. The second-order valence-corrected chi connectivity index (χ2v) is 7.24. The van der Waals surface area contributed by atoms with Gasteiger partial charge in [0.25, 0.3) is 0 Å². The number of anilines is 1. The zero-order chi connectivity index (χ0) is 15.3. The van der Waals surface area contributed by atoms with Gasteiger partial charge in [-0.2, -0.15) is 0 Å². The molecular weight excluding hydrogens is 286 g/mol. The molecule has 0 radical (unpaired) electrons. The van der Waals surface area contributed by atoms with Gasteiger partial charge in [-0.15, -0.1) is 0 Å². The number of aromatic nitrogens is 1. The third kappa shape index (κ3) is 5.37. The highest BCUT2D eigenvalue weighted by Crippen LogP contribution is 2.26. The molecule has 0 aromatic carbocycles. The van der Waals surface area contributed by atoms with Crippen molar-refractivity contribution in [2.45, 2.75) is 50.1 Å². The van der Waals surface area contributed by atoms with Crippen molar-refractivity contribution in [3.8, 4) is 0 Å². The summed E-state index contributed by atoms with van der Waals surface area (Å²) in [7, 11) is 0. The van der Waals surface area contributed by atoms with Crippen molar-refractivity contribution >= 4 is 16.9 Å². The van der Waals surface area contributed by atoms with Crippen LogP contribution in [-0.2, 0) is 11.1 Å². The van der Waals surface area contributed by atoms with Gasteiger partial charge in [-0.3, -0.25) is 4.21 Å². The fraction of sp³-hybridized carbons (Fsp3) is 0.667. The molecule has 0 saturated carbocycles. The highest BCUT2D eigenvalue weighted by atomic mass is 32.2. The van der Waals surface area contributed by atoms with Crippen LogP contribution in [0.15, 0.2) is 23.2 Å². The van der Waals surface area contributed by atoms with Crippen molar-refractivity contribution in [1.82, 2.24) is 10.3 Å². The maximum Gasteiger partial charge on any atom is 0.127 e. The molecule has 21 heavy (non-hydrogen) atoms. The van der Waals surface area contributed by atoms with Crippen LogP contribution in [0.5, 0.6) is 0 Å². The topological polar surface area (TPSA) is 77.1 Å². The van der Waals surface area contributed by atoms with E-state index in [4.69, 9.17) is 0 Å². The lowest BCUT2D eigenvalue weighted by atomic mass is 9.93. The van der Waals surface area contributed by atoms with Gasteiger partial charge < -0.3 is 15.2 Å². The Morgan fingerprint density at radius 2 is 2.29 bits per heavy atom. The Hall–Kier alpha value is -0.980. The van der Waals surface area contributed by atoms with E-state index in [1.165, 1.54) is 25.3 Å². The number of rotatable bonds is 7. The SMILES string of the molecule is CC1(C)CC(CCCCNc2cccc(S(=O)[O-])n2)CN1. The molecule has 1 saturated heterocycles. The first-order chi connectivity index (χ1) is 9.96. The summed E-state index contributed by atoms with van der Waals surface area (Å²) in [5, 5.41) is 6.81. The lowest BCUT2D eigenvalue weighted by molar-refractivity contribution is 0.426. The molecule has 0 amide bonds. The van der Waals surface area contributed by atoms with Crippen molar-refractivity contribution in [1.29, 1.82) is 0 Å². The Morgan fingerprint density at radius 3 is 2.95 bits per heavy atom. The zero-order valence-corrected chi connectivity index (χ0v) is 13.5. The molecule has 1 aromatic heterocycles. The lowest BCUT2D eigenvalue weighted by Gasteiger charge is -2.17. The van der Waals surface area contributed by atoms with Gasteiger partial charge in [-0.05, 0) is 68.8 Å². The van der Waals surface area contributed by atoms with Gasteiger partial charge in [-0.25, -0.2) is 4.98 Å². The molecule has 2 atom stereocenters. The Balaban J connectivity index is 1.64. The first kappa shape index (κ1) is 16.4. The maximum absolute atomic E-state index is 10.8. The molecule has 1 fully saturated rings. The normalized spacial score (nSPS) is 22.1. The molecule has 2 unspecified atom stereocenters. The first-order valence-corrected chi connectivity index (χ1v) is 8.59. The zero-order valence-electron chi connectivity index (χ0n) is 12.7. The second-order valence-electron chi connectivity index (χ2n) is 6.35. The third-order valence-electron chi connectivity index (χ3n) is 3.91. The van der Waals surface area contributed by atoms with Gasteiger partial charge in [0.1, 0.15) is 10.8 Å². The van der Waals surface area contributed by atoms with E-state index in [0.717, 1.165) is 25.4 Å². The van der Waals surface area contributed by atoms with E-state index in [1.807, 2.05) is 0 Å². The van der Waals surface area contributed by atoms with Gasteiger partial charge in [0.15, 0.2) is 0 Å². The largest absolute Gasteiger partial charge is 0.767 e. The summed E-state index contributed by atoms with van der Waals surface area (Å²) in [6.45, 7) is 6.46. The van der Waals surface area contributed by atoms with Crippen LogP contribution in [0.2, 0.25) is 0 Å². The lowest BCUT2D eigenvalue weighted by Crippen LogP contribution is -2.31. The molecule has 1 aromatic rings. The Labute approximate surface area is 129 Å². The average Bonchev–Trinajstić information content (AvgIpc) is 2.78. The Kier molecular flexibility index (Phi) is 5.72. The average molecular weight is 310 g/mol. The minimum atomic E-state index is -2.27. The molecule has 2 N–H and O–H groups in total. The van der Waals surface area contributed by atoms with Crippen LogP contribution < -0.4 is 10.6 Å². The van der Waals surface area contributed by atoms with Crippen molar-refractivity contribution < 1.29 is 8.76 Å². The van der Waals surface area contributed by atoms with Crippen LogP contribution in [0.1, 0.15) is 39.5 Å². The summed E-state index contributed by atoms with van der Waals surface area (Å²) in [6, 6.07) is 4.98. The van der Waals surface area contributed by atoms with E-state index in [9.17, 15) is 8.76 Å². The summed E-state index contributed by atoms with van der Waals surface area (Å²) >= 11 is -2.27. The van der Waals surface area contributed by atoms with E-state index in [0.29, 0.717) is 11.4 Å². The molecule has 1 aliphatic rings. The summed E-state index contributed by atoms with van der Waals surface area (Å²) in [5.41, 5.74) is 0.293. The summed E-state index contributed by atoms with van der Waals surface area (Å²) in [4.78, 5) is 4.03. The molecule has 1 aliphatic heterocycles. The molecule has 2 heterocycles. The Bertz CT molecular complexity index is 494. The summed E-state index contributed by atoms with van der Waals surface area (Å²) in [5.74, 6) is 1.41. The van der Waals surface area contributed by atoms with E-state index < -0.39 is 11.1 Å². The van der Waals surface area contributed by atoms with Gasteiger partial charge in [0.05, 0.1) is 0 Å². The highest BCUT2D eigenvalue weighted by molar-refractivity contribution is 7.79. The van der Waals surface area contributed by atoms with Crippen LogP contribution in [0.4, 0.5) is 5.82 Å². The van der Waals surface area contributed by atoms with Gasteiger partial charge >= 0.3 is 0 Å². The van der Waals surface area contributed by atoms with Crippen molar-refractivity contribution in [3.63, 3.8) is 0 Å². The predicted molar refractivity (Wildman–Crippen MR) is 84.0 cm³/mol. The highest BCUT2D eigenvalue weighted by Gasteiger charge is 2.29. The summed E-state index contributed by atoms with van der Waals surface area (Å²) < 4.78 is 21.7. The molecule has 0 aliphatic carbocycles. The van der Waals surface area contributed by atoms with Gasteiger partial charge in [0.2, 0.25) is 0 Å². The minimum absolute atomic E-state index is 0.0826. The fourth-order valence-electron chi connectivity index (χ4n) is 2.87. The number of pyridine rings is 1. The quantitative estimate of drug-likeness (QED) is 0.597. The molecule has 118 valence electrons. The minimum Gasteiger partial charge on any atom is -0.767 e. The van der Waals surface area contributed by atoms with E-state index in [2.05, 4.69) is 29.5 Å². The second kappa shape index (κ2) is 7.33. The van der Waals surface area contributed by atoms with Crippen molar-refractivity contribution in [2.75, 3.05) is 18.4 Å². The molecule has 0 spiro atoms. The number of hydrogen-bond acceptors (Lipinski definition) is 5. The van der Waals surface area contributed by atoms with Gasteiger partial charge in [-0.1, -0.05) is 12.5 Å². The number of nitrogens with zero attached hydrogens (tertiary/aromatic N) is 1. The Morgan fingerprint density at radius 1 is 1.48 bits per heavy atom. The predicted octanol–water partition coefficient (Wildman–Crippen LogP) is 2.29.